The molecule has 4 rings (SSSR count). The van der Waals surface area contributed by atoms with Crippen LogP contribution in [-0.2, 0) is 14.8 Å². The fourth-order valence-corrected chi connectivity index (χ4v) is 5.95. The Morgan fingerprint density at radius 2 is 1.84 bits per heavy atom. The van der Waals surface area contributed by atoms with E-state index in [9.17, 15) is 13.2 Å². The van der Waals surface area contributed by atoms with Gasteiger partial charge in [-0.15, -0.1) is 0 Å². The summed E-state index contributed by atoms with van der Waals surface area (Å²) in [5.74, 6) is -0.153. The Hall–Kier alpha value is -2.11. The lowest BCUT2D eigenvalue weighted by atomic mass is 10.1. The summed E-state index contributed by atoms with van der Waals surface area (Å²) in [6.07, 6.45) is 0. The van der Waals surface area contributed by atoms with E-state index >= 15 is 0 Å². The highest BCUT2D eigenvalue weighted by Gasteiger charge is 2.33. The van der Waals surface area contributed by atoms with Crippen LogP contribution in [-0.4, -0.2) is 64.5 Å². The highest BCUT2D eigenvalue weighted by Crippen LogP contribution is 2.26. The molecule has 2 heterocycles. The lowest BCUT2D eigenvalue weighted by Crippen LogP contribution is -2.53. The molecule has 164 valence electrons. The van der Waals surface area contributed by atoms with Crippen molar-refractivity contribution < 1.29 is 13.2 Å². The Bertz CT molecular complexity index is 1220. The van der Waals surface area contributed by atoms with Gasteiger partial charge in [-0.2, -0.15) is 13.1 Å². The number of benzene rings is 2. The Balaban J connectivity index is 1.42. The quantitative estimate of drug-likeness (QED) is 0.604. The molecule has 1 unspecified atom stereocenters. The van der Waals surface area contributed by atoms with Crippen molar-refractivity contribution in [3.8, 4) is 0 Å². The van der Waals surface area contributed by atoms with E-state index in [0.29, 0.717) is 47.9 Å². The monoisotopic (exact) mass is 479 g/mol. The molecule has 1 aromatic heterocycles. The predicted octanol–water partition coefficient (Wildman–Crippen LogP) is 2.99. The SMILES string of the molecule is Cc1c(Cl)cccc1NC(=O)C(C)N1CCN(S(=O)(=O)c2cccc3nsnc23)CC1. The summed E-state index contributed by atoms with van der Waals surface area (Å²) in [4.78, 5) is 14.9. The van der Waals surface area contributed by atoms with Gasteiger partial charge in [-0.05, 0) is 43.7 Å². The van der Waals surface area contributed by atoms with Crippen LogP contribution >= 0.6 is 23.3 Å². The number of halogens is 1. The third kappa shape index (κ3) is 4.31. The van der Waals surface area contributed by atoms with Crippen molar-refractivity contribution in [1.29, 1.82) is 0 Å². The maximum absolute atomic E-state index is 13.2. The van der Waals surface area contributed by atoms with Crippen LogP contribution in [0.15, 0.2) is 41.3 Å². The van der Waals surface area contributed by atoms with Gasteiger partial charge in [0.2, 0.25) is 15.9 Å². The first-order valence-corrected chi connectivity index (χ1v) is 12.4. The summed E-state index contributed by atoms with van der Waals surface area (Å²) in [5.41, 5.74) is 2.47. The number of nitrogens with one attached hydrogen (secondary N) is 1. The van der Waals surface area contributed by atoms with Crippen LogP contribution in [0.4, 0.5) is 5.69 Å². The van der Waals surface area contributed by atoms with Gasteiger partial charge in [-0.25, -0.2) is 8.42 Å². The van der Waals surface area contributed by atoms with E-state index in [-0.39, 0.29) is 10.8 Å². The van der Waals surface area contributed by atoms with Gasteiger partial charge in [-0.3, -0.25) is 9.69 Å². The Morgan fingerprint density at radius 1 is 1.13 bits per heavy atom. The predicted molar refractivity (Wildman–Crippen MR) is 122 cm³/mol. The molecule has 0 saturated carbocycles. The minimum atomic E-state index is -3.69. The number of rotatable bonds is 5. The Morgan fingerprint density at radius 3 is 2.58 bits per heavy atom. The van der Waals surface area contributed by atoms with Crippen molar-refractivity contribution in [1.82, 2.24) is 18.0 Å². The molecule has 1 amide bonds. The standard InChI is InChI=1S/C20H22ClN5O3S2/c1-13-15(21)5-3-6-16(13)22-20(27)14(2)25-9-11-26(12-10-25)31(28,29)18-8-4-7-17-19(18)24-30-23-17/h3-8,14H,9-12H2,1-2H3,(H,22,27). The zero-order chi connectivity index (χ0) is 22.2. The molecule has 1 saturated heterocycles. The Kier molecular flexibility index (Phi) is 6.27. The average Bonchev–Trinajstić information content (AvgIpc) is 3.25. The number of fused-ring (bicyclic) bond motifs is 1. The highest BCUT2D eigenvalue weighted by atomic mass is 35.5. The lowest BCUT2D eigenvalue weighted by Gasteiger charge is -2.36. The zero-order valence-corrected chi connectivity index (χ0v) is 19.5. The number of amides is 1. The minimum absolute atomic E-state index is 0.153. The molecular formula is C20H22ClN5O3S2. The molecule has 2 aromatic carbocycles. The third-order valence-corrected chi connectivity index (χ3v) is 8.48. The number of piperazine rings is 1. The summed E-state index contributed by atoms with van der Waals surface area (Å²) in [6.45, 7) is 5.17. The van der Waals surface area contributed by atoms with Crippen LogP contribution in [0.25, 0.3) is 11.0 Å². The first-order valence-electron chi connectivity index (χ1n) is 9.80. The molecular weight excluding hydrogens is 458 g/mol. The first-order chi connectivity index (χ1) is 14.8. The van der Waals surface area contributed by atoms with Gasteiger partial charge in [0.05, 0.1) is 17.8 Å². The molecule has 11 heteroatoms. The second kappa shape index (κ2) is 8.79. The van der Waals surface area contributed by atoms with Crippen molar-refractivity contribution in [2.45, 2.75) is 24.8 Å². The third-order valence-electron chi connectivity index (χ3n) is 5.59. The maximum Gasteiger partial charge on any atom is 0.245 e. The number of sulfonamides is 1. The molecule has 0 radical (unpaired) electrons. The second-order valence-corrected chi connectivity index (χ2v) is 10.2. The smallest absolute Gasteiger partial charge is 0.245 e. The highest BCUT2D eigenvalue weighted by molar-refractivity contribution is 7.89. The van der Waals surface area contributed by atoms with Crippen LogP contribution in [0.1, 0.15) is 12.5 Å². The molecule has 0 bridgehead atoms. The van der Waals surface area contributed by atoms with Gasteiger partial charge >= 0.3 is 0 Å². The summed E-state index contributed by atoms with van der Waals surface area (Å²) < 4.78 is 36.1. The zero-order valence-electron chi connectivity index (χ0n) is 17.1. The van der Waals surface area contributed by atoms with Crippen LogP contribution in [0.2, 0.25) is 5.02 Å². The molecule has 1 fully saturated rings. The Labute approximate surface area is 190 Å². The lowest BCUT2D eigenvalue weighted by molar-refractivity contribution is -0.121. The van der Waals surface area contributed by atoms with Gasteiger partial charge < -0.3 is 5.32 Å². The fourth-order valence-electron chi connectivity index (χ4n) is 3.61. The second-order valence-electron chi connectivity index (χ2n) is 7.41. The maximum atomic E-state index is 13.2. The molecule has 1 N–H and O–H groups in total. The summed E-state index contributed by atoms with van der Waals surface area (Å²) >= 11 is 7.13. The number of anilines is 1. The van der Waals surface area contributed by atoms with Crippen molar-refractivity contribution in [2.75, 3.05) is 31.5 Å². The fraction of sp³-hybridized carbons (Fsp3) is 0.350. The molecule has 8 nitrogen and oxygen atoms in total. The van der Waals surface area contributed by atoms with Crippen LogP contribution in [0, 0.1) is 6.92 Å². The molecule has 1 aliphatic heterocycles. The minimum Gasteiger partial charge on any atom is -0.324 e. The van der Waals surface area contributed by atoms with Crippen molar-refractivity contribution in [3.05, 3.63) is 47.0 Å². The topological polar surface area (TPSA) is 95.5 Å². The molecule has 1 aliphatic rings. The van der Waals surface area contributed by atoms with E-state index in [4.69, 9.17) is 11.6 Å². The summed E-state index contributed by atoms with van der Waals surface area (Å²) in [7, 11) is -3.69. The van der Waals surface area contributed by atoms with E-state index in [1.54, 1.807) is 30.3 Å². The van der Waals surface area contributed by atoms with Crippen molar-refractivity contribution >= 4 is 56.0 Å². The number of aromatic nitrogens is 2. The van der Waals surface area contributed by atoms with Crippen molar-refractivity contribution in [3.63, 3.8) is 0 Å². The van der Waals surface area contributed by atoms with Crippen LogP contribution in [0.3, 0.4) is 0 Å². The number of nitrogens with zero attached hydrogens (tertiary/aromatic N) is 4. The van der Waals surface area contributed by atoms with E-state index in [1.807, 2.05) is 24.8 Å². The normalized spacial score (nSPS) is 17.0. The van der Waals surface area contributed by atoms with Gasteiger partial charge in [0.1, 0.15) is 15.9 Å². The molecule has 0 aliphatic carbocycles. The van der Waals surface area contributed by atoms with E-state index in [1.165, 1.54) is 4.31 Å². The van der Waals surface area contributed by atoms with Crippen LogP contribution in [0.5, 0.6) is 0 Å². The molecule has 31 heavy (non-hydrogen) atoms. The molecule has 3 aromatic rings. The number of hydrogen-bond acceptors (Lipinski definition) is 7. The average molecular weight is 480 g/mol. The van der Waals surface area contributed by atoms with Gasteiger partial charge in [0, 0.05) is 36.9 Å². The summed E-state index contributed by atoms with van der Waals surface area (Å²) in [6, 6.07) is 9.96. The first kappa shape index (κ1) is 22.1. The number of carbonyl (C=O) groups is 1. The molecule has 0 spiro atoms. The van der Waals surface area contributed by atoms with Gasteiger partial charge in [-0.1, -0.05) is 23.7 Å². The molecule has 1 atom stereocenters. The largest absolute Gasteiger partial charge is 0.324 e. The van der Waals surface area contributed by atoms with Gasteiger partial charge in [0.25, 0.3) is 0 Å². The van der Waals surface area contributed by atoms with E-state index in [0.717, 1.165) is 17.3 Å². The summed E-state index contributed by atoms with van der Waals surface area (Å²) in [5, 5.41) is 3.51. The van der Waals surface area contributed by atoms with Crippen molar-refractivity contribution in [2.24, 2.45) is 0 Å². The van der Waals surface area contributed by atoms with E-state index in [2.05, 4.69) is 14.1 Å². The van der Waals surface area contributed by atoms with E-state index < -0.39 is 16.1 Å². The number of carbonyl (C=O) groups excluding carboxylic acids is 1. The van der Waals surface area contributed by atoms with Gasteiger partial charge in [0.15, 0.2) is 0 Å². The number of hydrogen-bond donors (Lipinski definition) is 1. The van der Waals surface area contributed by atoms with Crippen LogP contribution < -0.4 is 5.32 Å².